The molecule has 2 aromatic rings. The first kappa shape index (κ1) is 20.3. The molecule has 0 spiro atoms. The molecule has 29 heavy (non-hydrogen) atoms. The van der Waals surface area contributed by atoms with Crippen LogP contribution in [0.5, 0.6) is 0 Å². The van der Waals surface area contributed by atoms with Gasteiger partial charge in [0.1, 0.15) is 5.82 Å². The average Bonchev–Trinajstić information content (AvgIpc) is 3.03. The number of aryl methyl sites for hydroxylation is 1. The van der Waals surface area contributed by atoms with Gasteiger partial charge in [-0.3, -0.25) is 24.1 Å². The van der Waals surface area contributed by atoms with E-state index in [2.05, 4.69) is 28.6 Å². The lowest BCUT2D eigenvalue weighted by Gasteiger charge is -2.35. The summed E-state index contributed by atoms with van der Waals surface area (Å²) < 4.78 is 14.7. The molecular formula is C19H30N6O4. The molecule has 2 fully saturated rings. The summed E-state index contributed by atoms with van der Waals surface area (Å²) in [6.45, 7) is 11.1. The third-order valence-electron chi connectivity index (χ3n) is 5.69. The van der Waals surface area contributed by atoms with Gasteiger partial charge in [0.15, 0.2) is 11.2 Å². The van der Waals surface area contributed by atoms with Gasteiger partial charge >= 0.3 is 5.69 Å². The van der Waals surface area contributed by atoms with E-state index in [4.69, 9.17) is 14.5 Å². The molecule has 0 aromatic carbocycles. The Kier molecular flexibility index (Phi) is 5.86. The van der Waals surface area contributed by atoms with E-state index in [0.717, 1.165) is 51.8 Å². The summed E-state index contributed by atoms with van der Waals surface area (Å²) in [4.78, 5) is 36.5. The second kappa shape index (κ2) is 8.39. The van der Waals surface area contributed by atoms with Gasteiger partial charge in [0.2, 0.25) is 0 Å². The third-order valence-corrected chi connectivity index (χ3v) is 5.69. The molecule has 0 bridgehead atoms. The number of hydrogen-bond acceptors (Lipinski definition) is 7. The SMILES string of the molecule is C[C@@H]1CN(Cc2nc3c(c(=O)[nH]c(=O)n3C)n2CCN2CCOCC2)C[C@@H](C)O1. The molecule has 2 aromatic heterocycles. The smallest absolute Gasteiger partial charge is 0.329 e. The van der Waals surface area contributed by atoms with E-state index >= 15 is 0 Å². The highest BCUT2D eigenvalue weighted by Crippen LogP contribution is 2.17. The maximum atomic E-state index is 12.6. The van der Waals surface area contributed by atoms with Crippen molar-refractivity contribution < 1.29 is 9.47 Å². The van der Waals surface area contributed by atoms with Gasteiger partial charge in [0.25, 0.3) is 5.56 Å². The van der Waals surface area contributed by atoms with Crippen LogP contribution in [0.25, 0.3) is 11.2 Å². The highest BCUT2D eigenvalue weighted by Gasteiger charge is 2.25. The Labute approximate surface area is 169 Å². The first-order chi connectivity index (χ1) is 13.9. The van der Waals surface area contributed by atoms with Crippen LogP contribution in [0.4, 0.5) is 0 Å². The summed E-state index contributed by atoms with van der Waals surface area (Å²) in [6, 6.07) is 0. The summed E-state index contributed by atoms with van der Waals surface area (Å²) in [7, 11) is 1.64. The van der Waals surface area contributed by atoms with E-state index in [-0.39, 0.29) is 17.8 Å². The molecule has 4 heterocycles. The van der Waals surface area contributed by atoms with Crippen molar-refractivity contribution in [2.45, 2.75) is 39.1 Å². The van der Waals surface area contributed by atoms with Crippen molar-refractivity contribution in [3.63, 3.8) is 0 Å². The molecule has 10 nitrogen and oxygen atoms in total. The number of rotatable bonds is 5. The minimum absolute atomic E-state index is 0.151. The van der Waals surface area contributed by atoms with Crippen LogP contribution >= 0.6 is 0 Å². The van der Waals surface area contributed by atoms with Gasteiger partial charge in [-0.25, -0.2) is 9.78 Å². The van der Waals surface area contributed by atoms with Crippen molar-refractivity contribution in [1.82, 2.24) is 28.9 Å². The maximum absolute atomic E-state index is 12.6. The zero-order valence-corrected chi connectivity index (χ0v) is 17.4. The van der Waals surface area contributed by atoms with Gasteiger partial charge in [-0.1, -0.05) is 0 Å². The largest absolute Gasteiger partial charge is 0.379 e. The van der Waals surface area contributed by atoms with Crippen molar-refractivity contribution in [1.29, 1.82) is 0 Å². The molecule has 2 aliphatic rings. The van der Waals surface area contributed by atoms with Gasteiger partial charge in [0, 0.05) is 46.3 Å². The highest BCUT2D eigenvalue weighted by atomic mass is 16.5. The van der Waals surface area contributed by atoms with Crippen molar-refractivity contribution in [3.05, 3.63) is 26.7 Å². The fourth-order valence-corrected chi connectivity index (χ4v) is 4.32. The summed E-state index contributed by atoms with van der Waals surface area (Å²) >= 11 is 0. The van der Waals surface area contributed by atoms with Crippen LogP contribution in [0.2, 0.25) is 0 Å². The molecule has 0 radical (unpaired) electrons. The summed E-state index contributed by atoms with van der Waals surface area (Å²) in [5, 5.41) is 0. The number of morpholine rings is 2. The molecule has 2 atom stereocenters. The van der Waals surface area contributed by atoms with Crippen LogP contribution in [0.3, 0.4) is 0 Å². The lowest BCUT2D eigenvalue weighted by Crippen LogP contribution is -2.45. The van der Waals surface area contributed by atoms with Crippen molar-refractivity contribution in [2.24, 2.45) is 7.05 Å². The molecule has 160 valence electrons. The molecule has 2 aliphatic heterocycles. The van der Waals surface area contributed by atoms with E-state index in [9.17, 15) is 9.59 Å². The number of nitrogens with zero attached hydrogens (tertiary/aromatic N) is 5. The van der Waals surface area contributed by atoms with E-state index in [1.54, 1.807) is 7.05 Å². The van der Waals surface area contributed by atoms with Gasteiger partial charge in [-0.2, -0.15) is 0 Å². The second-order valence-electron chi connectivity index (χ2n) is 8.08. The molecule has 1 N–H and O–H groups in total. The van der Waals surface area contributed by atoms with Gasteiger partial charge in [-0.15, -0.1) is 0 Å². The van der Waals surface area contributed by atoms with Crippen molar-refractivity contribution in [3.8, 4) is 0 Å². The minimum atomic E-state index is -0.444. The number of fused-ring (bicyclic) bond motifs is 1. The standard InChI is InChI=1S/C19H30N6O4/c1-13-10-24(11-14(2)29-13)12-15-20-17-16(18(26)21-19(27)22(17)3)25(15)5-4-23-6-8-28-9-7-23/h13-14H,4-12H2,1-3H3,(H,21,26,27)/t13-,14-/m1/s1. The Morgan fingerprint density at radius 1 is 1.07 bits per heavy atom. The van der Waals surface area contributed by atoms with E-state index < -0.39 is 5.69 Å². The number of H-pyrrole nitrogens is 1. The van der Waals surface area contributed by atoms with Crippen LogP contribution in [0, 0.1) is 0 Å². The van der Waals surface area contributed by atoms with Gasteiger partial charge in [0.05, 0.1) is 32.0 Å². The minimum Gasteiger partial charge on any atom is -0.379 e. The molecule has 4 rings (SSSR count). The average molecular weight is 406 g/mol. The van der Waals surface area contributed by atoms with Gasteiger partial charge in [-0.05, 0) is 13.8 Å². The third kappa shape index (κ3) is 4.30. The normalized spacial score (nSPS) is 24.4. The zero-order chi connectivity index (χ0) is 20.5. The first-order valence-corrected chi connectivity index (χ1v) is 10.3. The van der Waals surface area contributed by atoms with E-state index in [0.29, 0.717) is 24.3 Å². The number of aromatic amines is 1. The molecule has 0 unspecified atom stereocenters. The number of nitrogens with one attached hydrogen (secondary N) is 1. The van der Waals surface area contributed by atoms with E-state index in [1.165, 1.54) is 4.57 Å². The van der Waals surface area contributed by atoms with Crippen LogP contribution in [-0.2, 0) is 29.6 Å². The number of aromatic nitrogens is 4. The Morgan fingerprint density at radius 3 is 2.45 bits per heavy atom. The van der Waals surface area contributed by atoms with Crippen molar-refractivity contribution in [2.75, 3.05) is 45.9 Å². The highest BCUT2D eigenvalue weighted by molar-refractivity contribution is 5.70. The molecule has 10 heteroatoms. The predicted molar refractivity (Wildman–Crippen MR) is 108 cm³/mol. The molecule has 0 saturated carbocycles. The first-order valence-electron chi connectivity index (χ1n) is 10.3. The Hall–Kier alpha value is -2.01. The molecule has 0 aliphatic carbocycles. The van der Waals surface area contributed by atoms with Crippen molar-refractivity contribution >= 4 is 11.2 Å². The fourth-order valence-electron chi connectivity index (χ4n) is 4.32. The Morgan fingerprint density at radius 2 is 1.76 bits per heavy atom. The monoisotopic (exact) mass is 406 g/mol. The van der Waals surface area contributed by atoms with Crippen LogP contribution in [-0.4, -0.2) is 87.0 Å². The molecule has 2 saturated heterocycles. The lowest BCUT2D eigenvalue weighted by molar-refractivity contribution is -0.0712. The van der Waals surface area contributed by atoms with E-state index in [1.807, 2.05) is 4.57 Å². The lowest BCUT2D eigenvalue weighted by atomic mass is 10.2. The fraction of sp³-hybridized carbons (Fsp3) is 0.737. The topological polar surface area (TPSA) is 97.6 Å². The van der Waals surface area contributed by atoms with Crippen LogP contribution < -0.4 is 11.2 Å². The molecular weight excluding hydrogens is 376 g/mol. The summed E-state index contributed by atoms with van der Waals surface area (Å²) in [6.07, 6.45) is 0.301. The summed E-state index contributed by atoms with van der Waals surface area (Å²) in [5.41, 5.74) is 0.0721. The second-order valence-corrected chi connectivity index (χ2v) is 8.08. The molecule has 0 amide bonds. The quantitative estimate of drug-likeness (QED) is 0.706. The predicted octanol–water partition coefficient (Wildman–Crippen LogP) is -0.635. The maximum Gasteiger partial charge on any atom is 0.329 e. The number of hydrogen-bond donors (Lipinski definition) is 1. The number of ether oxygens (including phenoxy) is 2. The zero-order valence-electron chi connectivity index (χ0n) is 17.4. The van der Waals surface area contributed by atoms with Crippen LogP contribution in [0.1, 0.15) is 19.7 Å². The Bertz CT molecular complexity index is 963. The Balaban J connectivity index is 1.67. The van der Waals surface area contributed by atoms with Crippen LogP contribution in [0.15, 0.2) is 9.59 Å². The van der Waals surface area contributed by atoms with Gasteiger partial charge < -0.3 is 14.0 Å². The summed E-state index contributed by atoms with van der Waals surface area (Å²) in [5.74, 6) is 0.807. The number of imidazole rings is 1.